The average Bonchev–Trinajstić information content (AvgIpc) is 3.09. The molecule has 0 fully saturated rings. The van der Waals surface area contributed by atoms with Gasteiger partial charge >= 0.3 is 0 Å². The molecule has 0 aliphatic heterocycles. The molecule has 26 heavy (non-hydrogen) atoms. The van der Waals surface area contributed by atoms with Gasteiger partial charge in [0.05, 0.1) is 0 Å². The summed E-state index contributed by atoms with van der Waals surface area (Å²) in [7, 11) is 0. The SMILES string of the molecule is CC(C)CNc1oc(-c2ccc(OCc3ccccc3)cc2)nc1C#N. The highest BCUT2D eigenvalue weighted by atomic mass is 16.5. The molecule has 0 radical (unpaired) electrons. The lowest BCUT2D eigenvalue weighted by Crippen LogP contribution is -2.08. The van der Waals surface area contributed by atoms with Gasteiger partial charge in [0.1, 0.15) is 18.4 Å². The predicted octanol–water partition coefficient (Wildman–Crippen LogP) is 4.86. The van der Waals surface area contributed by atoms with E-state index in [1.165, 1.54) is 0 Å². The highest BCUT2D eigenvalue weighted by Crippen LogP contribution is 2.27. The minimum atomic E-state index is 0.269. The molecule has 5 heteroatoms. The number of ether oxygens (including phenoxy) is 1. The van der Waals surface area contributed by atoms with Crippen LogP contribution in [0.1, 0.15) is 25.1 Å². The summed E-state index contributed by atoms with van der Waals surface area (Å²) in [5.41, 5.74) is 2.18. The van der Waals surface area contributed by atoms with Crippen LogP contribution in [-0.2, 0) is 6.61 Å². The van der Waals surface area contributed by atoms with Gasteiger partial charge in [-0.15, -0.1) is 0 Å². The first kappa shape index (κ1) is 17.6. The number of hydrogen-bond acceptors (Lipinski definition) is 5. The van der Waals surface area contributed by atoms with Gasteiger partial charge in [0, 0.05) is 12.1 Å². The zero-order valence-electron chi connectivity index (χ0n) is 14.9. The van der Waals surface area contributed by atoms with Gasteiger partial charge in [-0.2, -0.15) is 10.2 Å². The topological polar surface area (TPSA) is 71.1 Å². The Balaban J connectivity index is 1.69. The molecule has 0 saturated carbocycles. The standard InChI is InChI=1S/C21H21N3O2/c1-15(2)13-23-21-19(12-22)24-20(26-21)17-8-10-18(11-9-17)25-14-16-6-4-3-5-7-16/h3-11,15,23H,13-14H2,1-2H3. The van der Waals surface area contributed by atoms with Crippen LogP contribution in [0, 0.1) is 17.2 Å². The fraction of sp³-hybridized carbons (Fsp3) is 0.238. The maximum atomic E-state index is 9.23. The van der Waals surface area contributed by atoms with Crippen molar-refractivity contribution in [3.8, 4) is 23.3 Å². The van der Waals surface area contributed by atoms with Crippen molar-refractivity contribution in [2.45, 2.75) is 20.5 Å². The van der Waals surface area contributed by atoms with Gasteiger partial charge in [-0.05, 0) is 35.7 Å². The highest BCUT2D eigenvalue weighted by Gasteiger charge is 2.14. The molecule has 0 amide bonds. The molecule has 5 nitrogen and oxygen atoms in total. The summed E-state index contributed by atoms with van der Waals surface area (Å²) in [6, 6.07) is 19.6. The number of anilines is 1. The molecule has 0 aliphatic rings. The van der Waals surface area contributed by atoms with Crippen molar-refractivity contribution >= 4 is 5.88 Å². The highest BCUT2D eigenvalue weighted by molar-refractivity contribution is 5.59. The first-order chi connectivity index (χ1) is 12.7. The number of nitrogens with zero attached hydrogens (tertiary/aromatic N) is 2. The van der Waals surface area contributed by atoms with Crippen LogP contribution in [-0.4, -0.2) is 11.5 Å². The van der Waals surface area contributed by atoms with Gasteiger partial charge in [-0.3, -0.25) is 0 Å². The zero-order valence-corrected chi connectivity index (χ0v) is 14.9. The number of benzene rings is 2. The number of hydrogen-bond donors (Lipinski definition) is 1. The Morgan fingerprint density at radius 1 is 1.12 bits per heavy atom. The molecule has 3 rings (SSSR count). The predicted molar refractivity (Wildman–Crippen MR) is 101 cm³/mol. The third-order valence-corrected chi connectivity index (χ3v) is 3.75. The van der Waals surface area contributed by atoms with Crippen molar-refractivity contribution in [3.63, 3.8) is 0 Å². The molecule has 1 aromatic heterocycles. The first-order valence-corrected chi connectivity index (χ1v) is 8.57. The Morgan fingerprint density at radius 3 is 2.50 bits per heavy atom. The van der Waals surface area contributed by atoms with Gasteiger partial charge in [-0.25, -0.2) is 0 Å². The fourth-order valence-electron chi connectivity index (χ4n) is 2.37. The van der Waals surface area contributed by atoms with E-state index < -0.39 is 0 Å². The van der Waals surface area contributed by atoms with E-state index in [1.54, 1.807) is 0 Å². The summed E-state index contributed by atoms with van der Waals surface area (Å²) in [5, 5.41) is 12.4. The molecule has 3 aromatic rings. The summed E-state index contributed by atoms with van der Waals surface area (Å²) < 4.78 is 11.5. The Bertz CT molecular complexity index is 878. The van der Waals surface area contributed by atoms with Gasteiger partial charge in [-0.1, -0.05) is 44.2 Å². The molecular formula is C21H21N3O2. The summed E-state index contributed by atoms with van der Waals surface area (Å²) >= 11 is 0. The molecule has 0 atom stereocenters. The number of oxazole rings is 1. The minimum absolute atomic E-state index is 0.269. The second-order valence-corrected chi connectivity index (χ2v) is 6.38. The van der Waals surface area contributed by atoms with Crippen LogP contribution in [0.2, 0.25) is 0 Å². The van der Waals surface area contributed by atoms with Crippen molar-refractivity contribution in [3.05, 3.63) is 65.9 Å². The molecule has 132 valence electrons. The van der Waals surface area contributed by atoms with Crippen LogP contribution >= 0.6 is 0 Å². The van der Waals surface area contributed by atoms with E-state index in [4.69, 9.17) is 9.15 Å². The van der Waals surface area contributed by atoms with Crippen molar-refractivity contribution in [1.29, 1.82) is 5.26 Å². The fourth-order valence-corrected chi connectivity index (χ4v) is 2.37. The van der Waals surface area contributed by atoms with Crippen molar-refractivity contribution in [1.82, 2.24) is 4.98 Å². The van der Waals surface area contributed by atoms with Crippen LogP contribution in [0.15, 0.2) is 59.0 Å². The van der Waals surface area contributed by atoms with Crippen molar-refractivity contribution < 1.29 is 9.15 Å². The van der Waals surface area contributed by atoms with Gasteiger partial charge in [0.2, 0.25) is 17.5 Å². The van der Waals surface area contributed by atoms with E-state index in [1.807, 2.05) is 54.6 Å². The maximum absolute atomic E-state index is 9.23. The smallest absolute Gasteiger partial charge is 0.232 e. The van der Waals surface area contributed by atoms with Gasteiger partial charge in [0.15, 0.2) is 0 Å². The van der Waals surface area contributed by atoms with Crippen molar-refractivity contribution in [2.75, 3.05) is 11.9 Å². The van der Waals surface area contributed by atoms with Crippen LogP contribution < -0.4 is 10.1 Å². The lowest BCUT2D eigenvalue weighted by Gasteiger charge is -2.06. The van der Waals surface area contributed by atoms with Crippen LogP contribution in [0.5, 0.6) is 5.75 Å². The molecule has 0 bridgehead atoms. The Kier molecular flexibility index (Phi) is 5.55. The number of nitrogens with one attached hydrogen (secondary N) is 1. The second-order valence-electron chi connectivity index (χ2n) is 6.38. The van der Waals surface area contributed by atoms with E-state index in [0.717, 1.165) is 23.4 Å². The molecule has 0 saturated heterocycles. The van der Waals surface area contributed by atoms with Crippen LogP contribution in [0.25, 0.3) is 11.5 Å². The average molecular weight is 347 g/mol. The zero-order chi connectivity index (χ0) is 18.4. The minimum Gasteiger partial charge on any atom is -0.489 e. The first-order valence-electron chi connectivity index (χ1n) is 8.57. The lowest BCUT2D eigenvalue weighted by atomic mass is 10.2. The van der Waals surface area contributed by atoms with E-state index in [9.17, 15) is 5.26 Å². The van der Waals surface area contributed by atoms with E-state index in [0.29, 0.717) is 24.3 Å². The largest absolute Gasteiger partial charge is 0.489 e. The molecule has 0 spiro atoms. The Hall–Kier alpha value is -3.26. The summed E-state index contributed by atoms with van der Waals surface area (Å²) in [5.74, 6) is 2.04. The number of rotatable bonds is 7. The van der Waals surface area contributed by atoms with Crippen molar-refractivity contribution in [2.24, 2.45) is 5.92 Å². The summed E-state index contributed by atoms with van der Waals surface area (Å²) in [6.07, 6.45) is 0. The third-order valence-electron chi connectivity index (χ3n) is 3.75. The van der Waals surface area contributed by atoms with Gasteiger partial charge in [0.25, 0.3) is 0 Å². The quantitative estimate of drug-likeness (QED) is 0.661. The third kappa shape index (κ3) is 4.42. The maximum Gasteiger partial charge on any atom is 0.232 e. The van der Waals surface area contributed by atoms with E-state index in [2.05, 4.69) is 30.2 Å². The van der Waals surface area contributed by atoms with E-state index >= 15 is 0 Å². The molecule has 1 heterocycles. The van der Waals surface area contributed by atoms with Crippen LogP contribution in [0.4, 0.5) is 5.88 Å². The molecule has 0 aliphatic carbocycles. The lowest BCUT2D eigenvalue weighted by molar-refractivity contribution is 0.306. The van der Waals surface area contributed by atoms with Gasteiger partial charge < -0.3 is 14.5 Å². The molecule has 1 N–H and O–H groups in total. The monoisotopic (exact) mass is 347 g/mol. The molecular weight excluding hydrogens is 326 g/mol. The number of nitriles is 1. The number of aromatic nitrogens is 1. The van der Waals surface area contributed by atoms with E-state index in [-0.39, 0.29) is 5.69 Å². The second kappa shape index (κ2) is 8.21. The molecule has 0 unspecified atom stereocenters. The summed E-state index contributed by atoms with van der Waals surface area (Å²) in [6.45, 7) is 5.41. The van der Waals surface area contributed by atoms with Crippen LogP contribution in [0.3, 0.4) is 0 Å². The normalized spacial score (nSPS) is 10.5. The molecule has 2 aromatic carbocycles. The summed E-state index contributed by atoms with van der Waals surface area (Å²) in [4.78, 5) is 4.27. The Labute approximate surface area is 153 Å². The Morgan fingerprint density at radius 2 is 1.85 bits per heavy atom.